The maximum absolute atomic E-state index is 11.0. The fourth-order valence-corrected chi connectivity index (χ4v) is 2.31. The van der Waals surface area contributed by atoms with E-state index in [1.54, 1.807) is 18.2 Å². The standard InChI is InChI=1S/C14H8Cl2N2O4/c15-12-2-1-3-13(16)11(12)7-5-9-4-6-10(17(19)20)8-14(9)18(21)22/h1-8H/b7-5+. The number of hydrogen-bond acceptors (Lipinski definition) is 4. The highest BCUT2D eigenvalue weighted by Crippen LogP contribution is 2.29. The normalized spacial score (nSPS) is 10.8. The van der Waals surface area contributed by atoms with Crippen LogP contribution in [-0.4, -0.2) is 9.85 Å². The third kappa shape index (κ3) is 3.41. The molecule has 2 aromatic carbocycles. The SMILES string of the molecule is O=[N+]([O-])c1ccc(/C=C/c2c(Cl)cccc2Cl)c([N+](=O)[O-])c1. The third-order valence-corrected chi connectivity index (χ3v) is 3.51. The molecule has 0 amide bonds. The maximum Gasteiger partial charge on any atom is 0.283 e. The van der Waals surface area contributed by atoms with Gasteiger partial charge >= 0.3 is 0 Å². The zero-order valence-corrected chi connectivity index (χ0v) is 12.4. The van der Waals surface area contributed by atoms with Crippen LogP contribution in [0.2, 0.25) is 10.0 Å². The second-order valence-corrected chi connectivity index (χ2v) is 5.04. The number of nitrogens with zero attached hydrogens (tertiary/aromatic N) is 2. The van der Waals surface area contributed by atoms with E-state index in [4.69, 9.17) is 23.2 Å². The molecule has 0 atom stereocenters. The lowest BCUT2D eigenvalue weighted by Gasteiger charge is -2.01. The van der Waals surface area contributed by atoms with Crippen molar-refractivity contribution in [2.75, 3.05) is 0 Å². The smallest absolute Gasteiger partial charge is 0.258 e. The Bertz CT molecular complexity index is 770. The number of halogens is 2. The Balaban J connectivity index is 2.47. The molecule has 0 aliphatic heterocycles. The number of nitro benzene ring substituents is 2. The van der Waals surface area contributed by atoms with Crippen LogP contribution in [0.4, 0.5) is 11.4 Å². The minimum Gasteiger partial charge on any atom is -0.258 e. The van der Waals surface area contributed by atoms with Crippen LogP contribution in [0.1, 0.15) is 11.1 Å². The topological polar surface area (TPSA) is 86.3 Å². The highest BCUT2D eigenvalue weighted by Gasteiger charge is 2.17. The average molecular weight is 339 g/mol. The molecule has 0 saturated heterocycles. The van der Waals surface area contributed by atoms with Gasteiger partial charge in [0.15, 0.2) is 0 Å². The van der Waals surface area contributed by atoms with E-state index in [1.165, 1.54) is 24.3 Å². The molecule has 0 saturated carbocycles. The summed E-state index contributed by atoms with van der Waals surface area (Å²) in [6.45, 7) is 0. The van der Waals surface area contributed by atoms with Crippen molar-refractivity contribution >= 4 is 46.7 Å². The van der Waals surface area contributed by atoms with Gasteiger partial charge in [-0.3, -0.25) is 20.2 Å². The molecule has 0 aliphatic carbocycles. The molecular weight excluding hydrogens is 331 g/mol. The summed E-state index contributed by atoms with van der Waals surface area (Å²) in [5, 5.41) is 22.5. The van der Waals surface area contributed by atoms with E-state index in [0.29, 0.717) is 15.6 Å². The van der Waals surface area contributed by atoms with Gasteiger partial charge in [0.2, 0.25) is 0 Å². The van der Waals surface area contributed by atoms with Gasteiger partial charge in [-0.1, -0.05) is 35.3 Å². The van der Waals surface area contributed by atoms with E-state index < -0.39 is 9.85 Å². The van der Waals surface area contributed by atoms with Crippen LogP contribution < -0.4 is 0 Å². The summed E-state index contributed by atoms with van der Waals surface area (Å²) in [5.74, 6) is 0. The highest BCUT2D eigenvalue weighted by molar-refractivity contribution is 6.37. The first kappa shape index (κ1) is 15.9. The Labute approximate surface area is 134 Å². The number of rotatable bonds is 4. The summed E-state index contributed by atoms with van der Waals surface area (Å²) in [7, 11) is 0. The number of hydrogen-bond donors (Lipinski definition) is 0. The third-order valence-electron chi connectivity index (χ3n) is 2.85. The molecule has 0 bridgehead atoms. The first-order valence-electron chi connectivity index (χ1n) is 5.95. The van der Waals surface area contributed by atoms with E-state index in [2.05, 4.69) is 0 Å². The molecular formula is C14H8Cl2N2O4. The van der Waals surface area contributed by atoms with E-state index >= 15 is 0 Å². The Morgan fingerprint density at radius 1 is 0.909 bits per heavy atom. The first-order chi connectivity index (χ1) is 10.4. The van der Waals surface area contributed by atoms with Gasteiger partial charge in [0, 0.05) is 21.7 Å². The highest BCUT2D eigenvalue weighted by atomic mass is 35.5. The van der Waals surface area contributed by atoms with E-state index in [9.17, 15) is 20.2 Å². The van der Waals surface area contributed by atoms with E-state index in [0.717, 1.165) is 6.07 Å². The molecule has 0 aliphatic rings. The van der Waals surface area contributed by atoms with Crippen molar-refractivity contribution in [2.45, 2.75) is 0 Å². The van der Waals surface area contributed by atoms with Gasteiger partial charge in [-0.25, -0.2) is 0 Å². The van der Waals surface area contributed by atoms with Gasteiger partial charge in [-0.2, -0.15) is 0 Å². The van der Waals surface area contributed by atoms with Crippen LogP contribution >= 0.6 is 23.2 Å². The molecule has 0 fully saturated rings. The van der Waals surface area contributed by atoms with Crippen molar-refractivity contribution in [1.29, 1.82) is 0 Å². The predicted octanol–water partition coefficient (Wildman–Crippen LogP) is 4.98. The number of nitro groups is 2. The fourth-order valence-electron chi connectivity index (χ4n) is 1.79. The van der Waals surface area contributed by atoms with Crippen molar-refractivity contribution in [1.82, 2.24) is 0 Å². The predicted molar refractivity (Wildman–Crippen MR) is 85.1 cm³/mol. The molecule has 0 aromatic heterocycles. The second-order valence-electron chi connectivity index (χ2n) is 4.23. The zero-order chi connectivity index (χ0) is 16.3. The molecule has 0 radical (unpaired) electrons. The van der Waals surface area contributed by atoms with E-state index in [1.807, 2.05) is 0 Å². The summed E-state index contributed by atoms with van der Waals surface area (Å²) in [5.41, 5.74) is 0.0123. The maximum atomic E-state index is 11.0. The largest absolute Gasteiger partial charge is 0.283 e. The van der Waals surface area contributed by atoms with Crippen molar-refractivity contribution in [2.24, 2.45) is 0 Å². The molecule has 112 valence electrons. The van der Waals surface area contributed by atoms with Crippen molar-refractivity contribution in [3.05, 3.63) is 77.8 Å². The van der Waals surface area contributed by atoms with Crippen LogP contribution in [0.15, 0.2) is 36.4 Å². The number of benzene rings is 2. The van der Waals surface area contributed by atoms with Crippen molar-refractivity contribution in [3.8, 4) is 0 Å². The lowest BCUT2D eigenvalue weighted by atomic mass is 10.1. The molecule has 0 heterocycles. The van der Waals surface area contributed by atoms with Crippen molar-refractivity contribution < 1.29 is 9.85 Å². The van der Waals surface area contributed by atoms with Gasteiger partial charge < -0.3 is 0 Å². The second kappa shape index (κ2) is 6.55. The van der Waals surface area contributed by atoms with Gasteiger partial charge in [0.25, 0.3) is 11.4 Å². The van der Waals surface area contributed by atoms with Crippen molar-refractivity contribution in [3.63, 3.8) is 0 Å². The molecule has 2 aromatic rings. The molecule has 6 nitrogen and oxygen atoms in total. The lowest BCUT2D eigenvalue weighted by molar-refractivity contribution is -0.394. The Morgan fingerprint density at radius 2 is 1.55 bits per heavy atom. The Hall–Kier alpha value is -2.44. The van der Waals surface area contributed by atoms with Crippen LogP contribution in [0.25, 0.3) is 12.2 Å². The Kier molecular flexibility index (Phi) is 4.75. The van der Waals surface area contributed by atoms with Crippen LogP contribution in [0, 0.1) is 20.2 Å². The molecule has 0 N–H and O–H groups in total. The molecule has 0 unspecified atom stereocenters. The monoisotopic (exact) mass is 338 g/mol. The minimum absolute atomic E-state index is 0.214. The molecule has 2 rings (SSSR count). The molecule has 8 heteroatoms. The quantitative estimate of drug-likeness (QED) is 0.446. The van der Waals surface area contributed by atoms with Crippen LogP contribution in [0.3, 0.4) is 0 Å². The Morgan fingerprint density at radius 3 is 2.09 bits per heavy atom. The first-order valence-corrected chi connectivity index (χ1v) is 6.70. The van der Waals surface area contributed by atoms with E-state index in [-0.39, 0.29) is 16.9 Å². The summed E-state index contributed by atoms with van der Waals surface area (Å²) in [6.07, 6.45) is 2.97. The summed E-state index contributed by atoms with van der Waals surface area (Å²) < 4.78 is 0. The summed E-state index contributed by atoms with van der Waals surface area (Å²) >= 11 is 12.0. The fraction of sp³-hybridized carbons (Fsp3) is 0. The average Bonchev–Trinajstić information content (AvgIpc) is 2.46. The van der Waals surface area contributed by atoms with Crippen LogP contribution in [-0.2, 0) is 0 Å². The van der Waals surface area contributed by atoms with Gasteiger partial charge in [-0.15, -0.1) is 0 Å². The minimum atomic E-state index is -0.689. The molecule has 22 heavy (non-hydrogen) atoms. The number of non-ortho nitro benzene ring substituents is 1. The van der Waals surface area contributed by atoms with Gasteiger partial charge in [-0.05, 0) is 24.3 Å². The summed E-state index contributed by atoms with van der Waals surface area (Å²) in [4.78, 5) is 20.4. The van der Waals surface area contributed by atoms with Gasteiger partial charge in [0.1, 0.15) is 0 Å². The van der Waals surface area contributed by atoms with Crippen LogP contribution in [0.5, 0.6) is 0 Å². The van der Waals surface area contributed by atoms with Gasteiger partial charge in [0.05, 0.1) is 21.5 Å². The lowest BCUT2D eigenvalue weighted by Crippen LogP contribution is -1.94. The zero-order valence-electron chi connectivity index (χ0n) is 10.9. The molecule has 0 spiro atoms. The summed E-state index contributed by atoms with van der Waals surface area (Å²) in [6, 6.07) is 8.36.